The molecule has 1 saturated heterocycles. The second kappa shape index (κ2) is 3.27. The van der Waals surface area contributed by atoms with Crippen LogP contribution in [-0.2, 0) is 4.79 Å². The fourth-order valence-electron chi connectivity index (χ4n) is 1.92. The number of amides is 1. The van der Waals surface area contributed by atoms with Crippen molar-refractivity contribution in [1.82, 2.24) is 4.90 Å². The zero-order valence-electron chi connectivity index (χ0n) is 8.62. The lowest BCUT2D eigenvalue weighted by Crippen LogP contribution is -2.42. The van der Waals surface area contributed by atoms with E-state index in [0.717, 1.165) is 38.8 Å². The summed E-state index contributed by atoms with van der Waals surface area (Å²) in [5, 5.41) is 8.94. The SMILES string of the molecule is CC1(C#N)CCN(C(=O)C2CC2)CC1. The predicted octanol–water partition coefficient (Wildman–Crippen LogP) is 1.55. The Kier molecular flexibility index (Phi) is 2.22. The van der Waals surface area contributed by atoms with Gasteiger partial charge in [-0.25, -0.2) is 0 Å². The average molecular weight is 192 g/mol. The molecule has 76 valence electrons. The van der Waals surface area contributed by atoms with Gasteiger partial charge < -0.3 is 4.90 Å². The van der Waals surface area contributed by atoms with E-state index in [9.17, 15) is 4.79 Å². The van der Waals surface area contributed by atoms with Crippen LogP contribution >= 0.6 is 0 Å². The Morgan fingerprint density at radius 1 is 1.43 bits per heavy atom. The van der Waals surface area contributed by atoms with Crippen LogP contribution in [0.4, 0.5) is 0 Å². The van der Waals surface area contributed by atoms with Crippen molar-refractivity contribution in [2.24, 2.45) is 11.3 Å². The van der Waals surface area contributed by atoms with Gasteiger partial charge in [0.15, 0.2) is 0 Å². The Balaban J connectivity index is 1.90. The standard InChI is InChI=1S/C11H16N2O/c1-11(8-12)4-6-13(7-5-11)10(14)9-2-3-9/h9H,2-7H2,1H3. The molecular weight excluding hydrogens is 176 g/mol. The van der Waals surface area contributed by atoms with Gasteiger partial charge >= 0.3 is 0 Å². The minimum atomic E-state index is -0.194. The van der Waals surface area contributed by atoms with E-state index < -0.39 is 0 Å². The van der Waals surface area contributed by atoms with Crippen molar-refractivity contribution in [2.75, 3.05) is 13.1 Å². The van der Waals surface area contributed by atoms with Crippen LogP contribution in [0.5, 0.6) is 0 Å². The molecule has 2 rings (SSSR count). The van der Waals surface area contributed by atoms with Crippen molar-refractivity contribution < 1.29 is 4.79 Å². The first-order chi connectivity index (χ1) is 6.64. The molecule has 1 aliphatic carbocycles. The lowest BCUT2D eigenvalue weighted by molar-refractivity contribution is -0.134. The molecule has 0 radical (unpaired) electrons. The molecule has 1 heterocycles. The second-order valence-electron chi connectivity index (χ2n) is 4.77. The maximum absolute atomic E-state index is 11.7. The molecule has 0 bridgehead atoms. The fourth-order valence-corrected chi connectivity index (χ4v) is 1.92. The molecule has 3 nitrogen and oxygen atoms in total. The first kappa shape index (κ1) is 9.51. The molecule has 1 saturated carbocycles. The zero-order chi connectivity index (χ0) is 10.2. The van der Waals surface area contributed by atoms with Crippen LogP contribution in [0.1, 0.15) is 32.6 Å². The van der Waals surface area contributed by atoms with E-state index in [4.69, 9.17) is 5.26 Å². The lowest BCUT2D eigenvalue weighted by Gasteiger charge is -2.35. The summed E-state index contributed by atoms with van der Waals surface area (Å²) in [5.74, 6) is 0.645. The van der Waals surface area contributed by atoms with Crippen molar-refractivity contribution in [2.45, 2.75) is 32.6 Å². The number of hydrogen-bond donors (Lipinski definition) is 0. The lowest BCUT2D eigenvalue weighted by atomic mass is 9.82. The molecule has 0 aromatic carbocycles. The van der Waals surface area contributed by atoms with Gasteiger partial charge in [-0.05, 0) is 32.6 Å². The molecule has 14 heavy (non-hydrogen) atoms. The van der Waals surface area contributed by atoms with Crippen LogP contribution in [0.3, 0.4) is 0 Å². The number of nitrogens with zero attached hydrogens (tertiary/aromatic N) is 2. The number of hydrogen-bond acceptors (Lipinski definition) is 2. The first-order valence-electron chi connectivity index (χ1n) is 5.35. The Morgan fingerprint density at radius 3 is 2.43 bits per heavy atom. The van der Waals surface area contributed by atoms with Crippen molar-refractivity contribution in [1.29, 1.82) is 5.26 Å². The van der Waals surface area contributed by atoms with Crippen molar-refractivity contribution in [3.05, 3.63) is 0 Å². The zero-order valence-corrected chi connectivity index (χ0v) is 8.62. The third-order valence-electron chi connectivity index (χ3n) is 3.38. The first-order valence-corrected chi connectivity index (χ1v) is 5.35. The van der Waals surface area contributed by atoms with Gasteiger partial charge in [-0.1, -0.05) is 0 Å². The Bertz CT molecular complexity index is 280. The average Bonchev–Trinajstić information content (AvgIpc) is 3.01. The summed E-state index contributed by atoms with van der Waals surface area (Å²) < 4.78 is 0. The molecule has 1 amide bonds. The van der Waals surface area contributed by atoms with Gasteiger partial charge in [0.05, 0.1) is 11.5 Å². The van der Waals surface area contributed by atoms with Crippen LogP contribution in [0.25, 0.3) is 0 Å². The molecule has 0 atom stereocenters. The van der Waals surface area contributed by atoms with Gasteiger partial charge in [0.2, 0.25) is 5.91 Å². The van der Waals surface area contributed by atoms with Gasteiger partial charge in [0.1, 0.15) is 0 Å². The van der Waals surface area contributed by atoms with Crippen molar-refractivity contribution >= 4 is 5.91 Å². The number of nitriles is 1. The van der Waals surface area contributed by atoms with Crippen LogP contribution in [0.2, 0.25) is 0 Å². The third kappa shape index (κ3) is 1.75. The van der Waals surface area contributed by atoms with Crippen molar-refractivity contribution in [3.8, 4) is 6.07 Å². The van der Waals surface area contributed by atoms with Gasteiger partial charge in [-0.15, -0.1) is 0 Å². The van der Waals surface area contributed by atoms with Crippen molar-refractivity contribution in [3.63, 3.8) is 0 Å². The normalized spacial score (nSPS) is 25.6. The summed E-state index contributed by atoms with van der Waals surface area (Å²) >= 11 is 0. The Labute approximate surface area is 84.7 Å². The molecule has 0 N–H and O–H groups in total. The van der Waals surface area contributed by atoms with E-state index in [1.54, 1.807) is 0 Å². The molecule has 1 aliphatic heterocycles. The molecule has 2 aliphatic rings. The fraction of sp³-hybridized carbons (Fsp3) is 0.818. The highest BCUT2D eigenvalue weighted by Crippen LogP contribution is 2.35. The highest BCUT2D eigenvalue weighted by Gasteiger charge is 2.37. The Hall–Kier alpha value is -1.04. The van der Waals surface area contributed by atoms with E-state index in [-0.39, 0.29) is 5.41 Å². The minimum absolute atomic E-state index is 0.194. The maximum atomic E-state index is 11.7. The largest absolute Gasteiger partial charge is 0.342 e. The number of likely N-dealkylation sites (tertiary alicyclic amines) is 1. The van der Waals surface area contributed by atoms with E-state index in [2.05, 4.69) is 6.07 Å². The van der Waals surface area contributed by atoms with E-state index >= 15 is 0 Å². The van der Waals surface area contributed by atoms with E-state index in [1.807, 2.05) is 11.8 Å². The second-order valence-corrected chi connectivity index (χ2v) is 4.77. The number of carbonyl (C=O) groups is 1. The quantitative estimate of drug-likeness (QED) is 0.632. The maximum Gasteiger partial charge on any atom is 0.225 e. The topological polar surface area (TPSA) is 44.1 Å². The van der Waals surface area contributed by atoms with Crippen LogP contribution in [-0.4, -0.2) is 23.9 Å². The molecule has 0 spiro atoms. The molecular formula is C11H16N2O. The number of piperidine rings is 1. The number of carbonyl (C=O) groups excluding carboxylic acids is 1. The van der Waals surface area contributed by atoms with Gasteiger partial charge in [0, 0.05) is 19.0 Å². The molecule has 0 unspecified atom stereocenters. The number of rotatable bonds is 1. The monoisotopic (exact) mass is 192 g/mol. The summed E-state index contributed by atoms with van der Waals surface area (Å²) in [6, 6.07) is 2.35. The van der Waals surface area contributed by atoms with Crippen LogP contribution in [0, 0.1) is 22.7 Å². The predicted molar refractivity (Wildman–Crippen MR) is 52.3 cm³/mol. The van der Waals surface area contributed by atoms with Gasteiger partial charge in [-0.3, -0.25) is 4.79 Å². The summed E-state index contributed by atoms with van der Waals surface area (Å²) in [6.07, 6.45) is 3.82. The summed E-state index contributed by atoms with van der Waals surface area (Å²) in [4.78, 5) is 13.6. The minimum Gasteiger partial charge on any atom is -0.342 e. The third-order valence-corrected chi connectivity index (χ3v) is 3.38. The molecule has 0 aromatic rings. The summed E-state index contributed by atoms with van der Waals surface area (Å²) in [5.41, 5.74) is -0.194. The molecule has 2 fully saturated rings. The van der Waals surface area contributed by atoms with E-state index in [0.29, 0.717) is 11.8 Å². The van der Waals surface area contributed by atoms with E-state index in [1.165, 1.54) is 0 Å². The highest BCUT2D eigenvalue weighted by molar-refractivity contribution is 5.81. The van der Waals surface area contributed by atoms with Crippen LogP contribution in [0.15, 0.2) is 0 Å². The van der Waals surface area contributed by atoms with Crippen LogP contribution < -0.4 is 0 Å². The summed E-state index contributed by atoms with van der Waals surface area (Å²) in [6.45, 7) is 3.55. The smallest absolute Gasteiger partial charge is 0.225 e. The summed E-state index contributed by atoms with van der Waals surface area (Å²) in [7, 11) is 0. The van der Waals surface area contributed by atoms with Gasteiger partial charge in [0.25, 0.3) is 0 Å². The Morgan fingerprint density at radius 2 is 2.00 bits per heavy atom. The van der Waals surface area contributed by atoms with Gasteiger partial charge in [-0.2, -0.15) is 5.26 Å². The highest BCUT2D eigenvalue weighted by atomic mass is 16.2. The molecule has 0 aromatic heterocycles. The molecule has 3 heteroatoms.